The quantitative estimate of drug-likeness (QED) is 0.712. The van der Waals surface area contributed by atoms with Gasteiger partial charge < -0.3 is 10.2 Å². The van der Waals surface area contributed by atoms with E-state index in [1.54, 1.807) is 4.90 Å². The van der Waals surface area contributed by atoms with Gasteiger partial charge in [0.2, 0.25) is 11.8 Å². The predicted octanol–water partition coefficient (Wildman–Crippen LogP) is 4.33. The van der Waals surface area contributed by atoms with Gasteiger partial charge in [-0.2, -0.15) is 0 Å². The Labute approximate surface area is 171 Å². The molecule has 146 valence electrons. The van der Waals surface area contributed by atoms with Crippen molar-refractivity contribution < 1.29 is 9.59 Å². The third-order valence-electron chi connectivity index (χ3n) is 5.36. The lowest BCUT2D eigenvalue weighted by atomic mass is 9.99. The van der Waals surface area contributed by atoms with E-state index in [2.05, 4.69) is 23.5 Å². The van der Waals surface area contributed by atoms with Crippen LogP contribution in [0.15, 0.2) is 78.9 Å². The van der Waals surface area contributed by atoms with Crippen molar-refractivity contribution in [3.05, 3.63) is 90.0 Å². The van der Waals surface area contributed by atoms with E-state index in [0.29, 0.717) is 13.1 Å². The van der Waals surface area contributed by atoms with Crippen LogP contribution in [0.2, 0.25) is 0 Å². The molecule has 1 atom stereocenters. The van der Waals surface area contributed by atoms with Gasteiger partial charge in [0, 0.05) is 25.2 Å². The molecule has 0 saturated carbocycles. The molecule has 3 aromatic carbocycles. The summed E-state index contributed by atoms with van der Waals surface area (Å²) in [6.45, 7) is 2.87. The van der Waals surface area contributed by atoms with Crippen LogP contribution in [0.25, 0.3) is 11.1 Å². The van der Waals surface area contributed by atoms with Crippen LogP contribution in [0.3, 0.4) is 0 Å². The summed E-state index contributed by atoms with van der Waals surface area (Å²) in [5, 5.41) is 3.04. The number of hydrogen-bond acceptors (Lipinski definition) is 2. The van der Waals surface area contributed by atoms with Crippen LogP contribution in [0.5, 0.6) is 0 Å². The van der Waals surface area contributed by atoms with Gasteiger partial charge in [0.05, 0.1) is 5.92 Å². The average Bonchev–Trinajstić information content (AvgIpc) is 3.15. The Hall–Kier alpha value is -3.40. The fraction of sp³-hybridized carbons (Fsp3) is 0.200. The molecule has 0 radical (unpaired) electrons. The van der Waals surface area contributed by atoms with E-state index in [0.717, 1.165) is 27.9 Å². The summed E-state index contributed by atoms with van der Waals surface area (Å²) in [4.78, 5) is 26.9. The monoisotopic (exact) mass is 384 g/mol. The summed E-state index contributed by atoms with van der Waals surface area (Å²) in [6.07, 6.45) is 0.250. The van der Waals surface area contributed by atoms with Crippen molar-refractivity contribution in [1.82, 2.24) is 5.32 Å². The number of hydrogen-bond donors (Lipinski definition) is 1. The molecule has 1 fully saturated rings. The van der Waals surface area contributed by atoms with Gasteiger partial charge in [0.1, 0.15) is 0 Å². The lowest BCUT2D eigenvalue weighted by Crippen LogP contribution is -2.32. The molecule has 0 aromatic heterocycles. The van der Waals surface area contributed by atoms with Crippen LogP contribution >= 0.6 is 0 Å². The second-order valence-corrected chi connectivity index (χ2v) is 7.49. The standard InChI is InChI=1S/C25H24N2O2/c1-18-8-7-12-22(14-18)27-17-21(15-24(27)28)25(29)26-16-20-11-5-6-13-23(20)19-9-3-2-4-10-19/h2-14,21H,15-17H2,1H3,(H,26,29). The first kappa shape index (κ1) is 18.9. The molecule has 29 heavy (non-hydrogen) atoms. The first-order chi connectivity index (χ1) is 14.1. The Morgan fingerprint density at radius 1 is 1.00 bits per heavy atom. The molecule has 0 bridgehead atoms. The van der Waals surface area contributed by atoms with E-state index >= 15 is 0 Å². The molecule has 1 unspecified atom stereocenters. The summed E-state index contributed by atoms with van der Waals surface area (Å²) < 4.78 is 0. The van der Waals surface area contributed by atoms with Crippen molar-refractivity contribution in [2.45, 2.75) is 19.9 Å². The highest BCUT2D eigenvalue weighted by molar-refractivity contribution is 6.00. The summed E-state index contributed by atoms with van der Waals surface area (Å²) in [5.74, 6) is -0.399. The third-order valence-corrected chi connectivity index (χ3v) is 5.36. The number of carbonyl (C=O) groups is 2. The molecule has 1 aliphatic rings. The van der Waals surface area contributed by atoms with Gasteiger partial charge in [-0.3, -0.25) is 9.59 Å². The molecule has 2 amide bonds. The zero-order valence-electron chi connectivity index (χ0n) is 16.5. The van der Waals surface area contributed by atoms with Gasteiger partial charge >= 0.3 is 0 Å². The van der Waals surface area contributed by atoms with Crippen molar-refractivity contribution >= 4 is 17.5 Å². The maximum absolute atomic E-state index is 12.8. The minimum Gasteiger partial charge on any atom is -0.352 e. The number of anilines is 1. The zero-order chi connectivity index (χ0) is 20.2. The number of aryl methyl sites for hydroxylation is 1. The predicted molar refractivity (Wildman–Crippen MR) is 115 cm³/mol. The summed E-state index contributed by atoms with van der Waals surface area (Å²) in [7, 11) is 0. The molecule has 4 rings (SSSR count). The lowest BCUT2D eigenvalue weighted by Gasteiger charge is -2.17. The van der Waals surface area contributed by atoms with E-state index in [9.17, 15) is 9.59 Å². The number of nitrogens with one attached hydrogen (secondary N) is 1. The number of carbonyl (C=O) groups excluding carboxylic acids is 2. The van der Waals surface area contributed by atoms with Crippen molar-refractivity contribution in [1.29, 1.82) is 0 Å². The summed E-state index contributed by atoms with van der Waals surface area (Å²) in [5.41, 5.74) is 5.25. The van der Waals surface area contributed by atoms with Crippen LogP contribution in [0, 0.1) is 12.8 Å². The average molecular weight is 384 g/mol. The second kappa shape index (κ2) is 8.31. The van der Waals surface area contributed by atoms with Gasteiger partial charge in [0.25, 0.3) is 0 Å². The lowest BCUT2D eigenvalue weighted by molar-refractivity contribution is -0.126. The van der Waals surface area contributed by atoms with E-state index in [1.807, 2.05) is 67.6 Å². The molecular formula is C25H24N2O2. The van der Waals surface area contributed by atoms with Crippen LogP contribution < -0.4 is 10.2 Å². The SMILES string of the molecule is Cc1cccc(N2CC(C(=O)NCc3ccccc3-c3ccccc3)CC2=O)c1. The van der Waals surface area contributed by atoms with E-state index in [1.165, 1.54) is 0 Å². The fourth-order valence-electron chi connectivity index (χ4n) is 3.83. The number of nitrogens with zero attached hydrogens (tertiary/aromatic N) is 1. The largest absolute Gasteiger partial charge is 0.352 e. The van der Waals surface area contributed by atoms with Gasteiger partial charge in [-0.05, 0) is 41.3 Å². The zero-order valence-corrected chi connectivity index (χ0v) is 16.5. The van der Waals surface area contributed by atoms with Gasteiger partial charge in [0.15, 0.2) is 0 Å². The van der Waals surface area contributed by atoms with E-state index in [-0.39, 0.29) is 24.2 Å². The Kier molecular flexibility index (Phi) is 5.43. The summed E-state index contributed by atoms with van der Waals surface area (Å²) in [6, 6.07) is 26.0. The first-order valence-electron chi connectivity index (χ1n) is 9.90. The van der Waals surface area contributed by atoms with Crippen LogP contribution in [0.4, 0.5) is 5.69 Å². The van der Waals surface area contributed by atoms with Crippen LogP contribution in [-0.2, 0) is 16.1 Å². The molecule has 3 aromatic rings. The first-order valence-corrected chi connectivity index (χ1v) is 9.90. The Morgan fingerprint density at radius 2 is 1.76 bits per heavy atom. The Bertz CT molecular complexity index is 1030. The van der Waals surface area contributed by atoms with Crippen LogP contribution in [0.1, 0.15) is 17.5 Å². The normalized spacial score (nSPS) is 16.1. The Balaban J connectivity index is 1.43. The molecule has 1 aliphatic heterocycles. The van der Waals surface area contributed by atoms with E-state index in [4.69, 9.17) is 0 Å². The minimum absolute atomic E-state index is 0.000403. The highest BCUT2D eigenvalue weighted by Crippen LogP contribution is 2.27. The van der Waals surface area contributed by atoms with E-state index < -0.39 is 0 Å². The van der Waals surface area contributed by atoms with Gasteiger partial charge in [-0.15, -0.1) is 0 Å². The molecule has 0 aliphatic carbocycles. The van der Waals surface area contributed by atoms with Gasteiger partial charge in [-0.25, -0.2) is 0 Å². The topological polar surface area (TPSA) is 49.4 Å². The highest BCUT2D eigenvalue weighted by Gasteiger charge is 2.35. The molecule has 1 heterocycles. The van der Waals surface area contributed by atoms with Crippen molar-refractivity contribution in [3.8, 4) is 11.1 Å². The molecule has 4 heteroatoms. The maximum Gasteiger partial charge on any atom is 0.227 e. The summed E-state index contributed by atoms with van der Waals surface area (Å²) >= 11 is 0. The molecular weight excluding hydrogens is 360 g/mol. The van der Waals surface area contributed by atoms with Gasteiger partial charge in [-0.1, -0.05) is 66.7 Å². The fourth-order valence-corrected chi connectivity index (χ4v) is 3.83. The molecule has 1 saturated heterocycles. The smallest absolute Gasteiger partial charge is 0.227 e. The van der Waals surface area contributed by atoms with Crippen molar-refractivity contribution in [2.75, 3.05) is 11.4 Å². The number of benzene rings is 3. The van der Waals surface area contributed by atoms with Crippen LogP contribution in [-0.4, -0.2) is 18.4 Å². The molecule has 0 spiro atoms. The number of amides is 2. The maximum atomic E-state index is 12.8. The third kappa shape index (κ3) is 4.21. The number of rotatable bonds is 5. The van der Waals surface area contributed by atoms with Crippen molar-refractivity contribution in [3.63, 3.8) is 0 Å². The Morgan fingerprint density at radius 3 is 2.55 bits per heavy atom. The molecule has 1 N–H and O–H groups in total. The molecule has 4 nitrogen and oxygen atoms in total. The second-order valence-electron chi connectivity index (χ2n) is 7.49. The highest BCUT2D eigenvalue weighted by atomic mass is 16.2. The van der Waals surface area contributed by atoms with Crippen molar-refractivity contribution in [2.24, 2.45) is 5.92 Å². The minimum atomic E-state index is -0.327.